The molecule has 2 aromatic rings. The summed E-state index contributed by atoms with van der Waals surface area (Å²) in [6.45, 7) is 5.44. The Bertz CT molecular complexity index is 601. The van der Waals surface area contributed by atoms with Gasteiger partial charge in [0.2, 0.25) is 0 Å². The van der Waals surface area contributed by atoms with E-state index in [2.05, 4.69) is 29.7 Å². The van der Waals surface area contributed by atoms with E-state index in [1.165, 1.54) is 22.2 Å². The number of benzene rings is 1. The molecule has 1 aromatic carbocycles. The van der Waals surface area contributed by atoms with Crippen molar-refractivity contribution in [2.24, 2.45) is 5.73 Å². The van der Waals surface area contributed by atoms with E-state index >= 15 is 0 Å². The Hall–Kier alpha value is -1.36. The maximum Gasteiger partial charge on any atom is 0.0845 e. The Morgan fingerprint density at radius 2 is 1.95 bits per heavy atom. The van der Waals surface area contributed by atoms with Crippen LogP contribution in [0, 0.1) is 6.92 Å². The molecule has 21 heavy (non-hydrogen) atoms. The van der Waals surface area contributed by atoms with E-state index in [1.807, 2.05) is 32.0 Å². The topological polar surface area (TPSA) is 54.4 Å². The fourth-order valence-corrected chi connectivity index (χ4v) is 3.01. The highest BCUT2D eigenvalue weighted by molar-refractivity contribution is 5.85. The second kappa shape index (κ2) is 6.60. The summed E-state index contributed by atoms with van der Waals surface area (Å²) in [4.78, 5) is 2.01. The molecule has 116 valence electrons. The zero-order chi connectivity index (χ0) is 15.6. The molecule has 0 saturated heterocycles. The number of nitrogens with zero attached hydrogens (tertiary/aromatic N) is 2. The van der Waals surface area contributed by atoms with Crippen molar-refractivity contribution in [3.63, 3.8) is 0 Å². The summed E-state index contributed by atoms with van der Waals surface area (Å²) in [7, 11) is 3.96. The number of likely N-dealkylation sites (N-methyl/N-ethyl adjacent to an activating group) is 1. The van der Waals surface area contributed by atoms with Crippen LogP contribution >= 0.6 is 0 Å². The lowest BCUT2D eigenvalue weighted by atomic mass is 10.0. The summed E-state index contributed by atoms with van der Waals surface area (Å²) >= 11 is 0. The van der Waals surface area contributed by atoms with Crippen molar-refractivity contribution < 1.29 is 5.11 Å². The normalized spacial score (nSPS) is 14.8. The zero-order valence-corrected chi connectivity index (χ0v) is 13.5. The average molecular weight is 289 g/mol. The standard InChI is InChI=1S/C17H27N3O/c1-12(18)9-16-13(2)20(11-14(21)10-19(3)4)17-8-6-5-7-15(16)17/h5-8,12,14,21H,9-11,18H2,1-4H3. The molecule has 0 bridgehead atoms. The van der Waals surface area contributed by atoms with Crippen LogP contribution in [0.3, 0.4) is 0 Å². The van der Waals surface area contributed by atoms with E-state index in [4.69, 9.17) is 5.73 Å². The summed E-state index contributed by atoms with van der Waals surface area (Å²) < 4.78 is 2.22. The highest BCUT2D eigenvalue weighted by Gasteiger charge is 2.17. The number of fused-ring (bicyclic) bond motifs is 1. The molecule has 0 amide bonds. The summed E-state index contributed by atoms with van der Waals surface area (Å²) in [6.07, 6.45) is 0.487. The molecule has 0 radical (unpaired) electrons. The van der Waals surface area contributed by atoms with Gasteiger partial charge in [-0.2, -0.15) is 0 Å². The number of hydrogen-bond donors (Lipinski definition) is 2. The Morgan fingerprint density at radius 1 is 1.29 bits per heavy atom. The van der Waals surface area contributed by atoms with Crippen LogP contribution in [0.2, 0.25) is 0 Å². The second-order valence-corrected chi connectivity index (χ2v) is 6.29. The number of aromatic nitrogens is 1. The molecule has 1 heterocycles. The zero-order valence-electron chi connectivity index (χ0n) is 13.5. The minimum Gasteiger partial charge on any atom is -0.390 e. The molecule has 0 aliphatic rings. The van der Waals surface area contributed by atoms with Gasteiger partial charge < -0.3 is 20.3 Å². The van der Waals surface area contributed by atoms with Gasteiger partial charge in [0.05, 0.1) is 12.6 Å². The molecule has 0 fully saturated rings. The van der Waals surface area contributed by atoms with Gasteiger partial charge in [-0.1, -0.05) is 18.2 Å². The molecule has 2 unspecified atom stereocenters. The Balaban J connectivity index is 2.41. The van der Waals surface area contributed by atoms with E-state index in [0.717, 1.165) is 6.42 Å². The van der Waals surface area contributed by atoms with Crippen molar-refractivity contribution in [2.75, 3.05) is 20.6 Å². The summed E-state index contributed by atoms with van der Waals surface area (Å²) in [5, 5.41) is 11.5. The first-order valence-corrected chi connectivity index (χ1v) is 7.55. The molecule has 2 rings (SSSR count). The van der Waals surface area contributed by atoms with Crippen molar-refractivity contribution in [1.82, 2.24) is 9.47 Å². The maximum atomic E-state index is 10.3. The monoisotopic (exact) mass is 289 g/mol. The molecular formula is C17H27N3O. The average Bonchev–Trinajstić information content (AvgIpc) is 2.63. The third kappa shape index (κ3) is 3.64. The number of aliphatic hydroxyl groups is 1. The number of nitrogens with two attached hydrogens (primary N) is 1. The molecule has 3 N–H and O–H groups in total. The Labute approximate surface area is 127 Å². The molecule has 2 atom stereocenters. The van der Waals surface area contributed by atoms with E-state index in [-0.39, 0.29) is 12.1 Å². The minimum absolute atomic E-state index is 0.134. The van der Waals surface area contributed by atoms with Crippen LogP contribution in [-0.4, -0.2) is 47.4 Å². The van der Waals surface area contributed by atoms with Gasteiger partial charge in [-0.25, -0.2) is 0 Å². The van der Waals surface area contributed by atoms with Crippen molar-refractivity contribution >= 4 is 10.9 Å². The first-order valence-electron chi connectivity index (χ1n) is 7.55. The van der Waals surface area contributed by atoms with Crippen molar-refractivity contribution in [3.8, 4) is 0 Å². The summed E-state index contributed by atoms with van der Waals surface area (Å²) in [5.41, 5.74) is 9.70. The van der Waals surface area contributed by atoms with Gasteiger partial charge in [0, 0.05) is 29.2 Å². The number of para-hydroxylation sites is 1. The van der Waals surface area contributed by atoms with Crippen LogP contribution in [0.1, 0.15) is 18.2 Å². The van der Waals surface area contributed by atoms with Crippen molar-refractivity contribution in [3.05, 3.63) is 35.5 Å². The van der Waals surface area contributed by atoms with Gasteiger partial charge in [0.25, 0.3) is 0 Å². The van der Waals surface area contributed by atoms with E-state index in [0.29, 0.717) is 13.1 Å². The lowest BCUT2D eigenvalue weighted by Gasteiger charge is -2.18. The van der Waals surface area contributed by atoms with Crippen LogP contribution in [-0.2, 0) is 13.0 Å². The van der Waals surface area contributed by atoms with E-state index < -0.39 is 0 Å². The van der Waals surface area contributed by atoms with Crippen LogP contribution in [0.4, 0.5) is 0 Å². The highest BCUT2D eigenvalue weighted by atomic mass is 16.3. The summed E-state index contributed by atoms with van der Waals surface area (Å²) in [6, 6.07) is 8.51. The molecular weight excluding hydrogens is 262 g/mol. The smallest absolute Gasteiger partial charge is 0.0845 e. The largest absolute Gasteiger partial charge is 0.390 e. The minimum atomic E-state index is -0.377. The predicted octanol–water partition coefficient (Wildman–Crippen LogP) is 1.76. The number of hydrogen-bond acceptors (Lipinski definition) is 3. The fourth-order valence-electron chi connectivity index (χ4n) is 3.01. The van der Waals surface area contributed by atoms with E-state index in [1.54, 1.807) is 0 Å². The quantitative estimate of drug-likeness (QED) is 0.852. The van der Waals surface area contributed by atoms with Crippen molar-refractivity contribution in [1.29, 1.82) is 0 Å². The molecule has 0 saturated carbocycles. The molecule has 4 heteroatoms. The highest BCUT2D eigenvalue weighted by Crippen LogP contribution is 2.27. The number of rotatable bonds is 6. The van der Waals surface area contributed by atoms with Gasteiger partial charge >= 0.3 is 0 Å². The molecule has 0 aliphatic heterocycles. The van der Waals surface area contributed by atoms with Gasteiger partial charge in [-0.05, 0) is 46.0 Å². The first-order chi connectivity index (χ1) is 9.90. The third-order valence-electron chi connectivity index (χ3n) is 3.86. The van der Waals surface area contributed by atoms with Crippen LogP contribution in [0.15, 0.2) is 24.3 Å². The lowest BCUT2D eigenvalue weighted by Crippen LogP contribution is -2.29. The number of aliphatic hydroxyl groups excluding tert-OH is 1. The van der Waals surface area contributed by atoms with Gasteiger partial charge in [-0.15, -0.1) is 0 Å². The first kappa shape index (κ1) is 16.0. The SMILES string of the molecule is Cc1c(CC(C)N)c2ccccc2n1CC(O)CN(C)C. The lowest BCUT2D eigenvalue weighted by molar-refractivity contribution is 0.120. The van der Waals surface area contributed by atoms with Gasteiger partial charge in [-0.3, -0.25) is 0 Å². The fraction of sp³-hybridized carbons (Fsp3) is 0.529. The van der Waals surface area contributed by atoms with Crippen LogP contribution in [0.25, 0.3) is 10.9 Å². The molecule has 4 nitrogen and oxygen atoms in total. The second-order valence-electron chi connectivity index (χ2n) is 6.29. The summed E-state index contributed by atoms with van der Waals surface area (Å²) in [5.74, 6) is 0. The van der Waals surface area contributed by atoms with Gasteiger partial charge in [0.15, 0.2) is 0 Å². The molecule has 1 aromatic heterocycles. The van der Waals surface area contributed by atoms with Gasteiger partial charge in [0.1, 0.15) is 0 Å². The Kier molecular flexibility index (Phi) is 5.04. The Morgan fingerprint density at radius 3 is 2.57 bits per heavy atom. The van der Waals surface area contributed by atoms with E-state index in [9.17, 15) is 5.11 Å². The van der Waals surface area contributed by atoms with Crippen LogP contribution in [0.5, 0.6) is 0 Å². The van der Waals surface area contributed by atoms with Crippen molar-refractivity contribution in [2.45, 2.75) is 39.0 Å². The molecule has 0 spiro atoms. The maximum absolute atomic E-state index is 10.3. The van der Waals surface area contributed by atoms with Crippen LogP contribution < -0.4 is 5.73 Å². The predicted molar refractivity (Wildman–Crippen MR) is 88.6 cm³/mol. The molecule has 0 aliphatic carbocycles. The third-order valence-corrected chi connectivity index (χ3v) is 3.86.